The summed E-state index contributed by atoms with van der Waals surface area (Å²) in [7, 11) is 0. The van der Waals surface area contributed by atoms with Crippen molar-refractivity contribution in [1.82, 2.24) is 0 Å². The molecule has 0 aliphatic carbocycles. The molecule has 0 bridgehead atoms. The minimum atomic E-state index is -0.991. The first kappa shape index (κ1) is 14.7. The molecule has 21 heavy (non-hydrogen) atoms. The molecule has 1 aliphatic heterocycles. The number of amides is 1. The van der Waals surface area contributed by atoms with E-state index in [2.05, 4.69) is 31.9 Å². The zero-order valence-electron chi connectivity index (χ0n) is 10.5. The molecule has 0 fully saturated rings. The fraction of sp³-hybridized carbons (Fsp3) is 0.143. The molecule has 108 valence electrons. The number of para-hydroxylation sites is 1. The molecule has 1 N–H and O–H groups in total. The van der Waals surface area contributed by atoms with E-state index in [0.717, 1.165) is 13.8 Å². The number of thiophene rings is 1. The highest BCUT2D eigenvalue weighted by Gasteiger charge is 2.39. The number of aliphatic carboxylic acids is 1. The zero-order chi connectivity index (χ0) is 15.1. The molecule has 3 rings (SSSR count). The third-order valence-corrected chi connectivity index (χ3v) is 6.58. The summed E-state index contributed by atoms with van der Waals surface area (Å²) in [6, 6.07) is 8.16. The van der Waals surface area contributed by atoms with Gasteiger partial charge < -0.3 is 5.11 Å². The second-order valence-electron chi connectivity index (χ2n) is 4.59. The third kappa shape index (κ3) is 2.54. The maximum absolute atomic E-state index is 12.7. The highest BCUT2D eigenvalue weighted by atomic mass is 79.9. The molecule has 1 atom stereocenters. The van der Waals surface area contributed by atoms with Crippen molar-refractivity contribution in [3.8, 4) is 0 Å². The van der Waals surface area contributed by atoms with Crippen molar-refractivity contribution < 1.29 is 14.7 Å². The molecule has 0 saturated carbocycles. The first-order valence-corrected chi connectivity index (χ1v) is 8.48. The van der Waals surface area contributed by atoms with E-state index in [9.17, 15) is 14.7 Å². The Balaban J connectivity index is 2.05. The highest BCUT2D eigenvalue weighted by Crippen LogP contribution is 2.37. The summed E-state index contributed by atoms with van der Waals surface area (Å²) in [5.41, 5.74) is 1.56. The highest BCUT2D eigenvalue weighted by molar-refractivity contribution is 9.13. The first-order valence-electron chi connectivity index (χ1n) is 6.08. The molecule has 4 nitrogen and oxygen atoms in total. The number of fused-ring (bicyclic) bond motifs is 1. The normalized spacial score (nSPS) is 16.9. The predicted molar refractivity (Wildman–Crippen MR) is 88.1 cm³/mol. The number of carbonyl (C=O) groups is 2. The van der Waals surface area contributed by atoms with Crippen LogP contribution in [0.15, 0.2) is 38.6 Å². The molecule has 1 aromatic heterocycles. The van der Waals surface area contributed by atoms with Gasteiger partial charge in [0.15, 0.2) is 0 Å². The number of carboxylic acid groups (broad SMARTS) is 1. The van der Waals surface area contributed by atoms with Gasteiger partial charge in [-0.15, -0.1) is 11.3 Å². The van der Waals surface area contributed by atoms with E-state index in [-0.39, 0.29) is 5.91 Å². The summed E-state index contributed by atoms with van der Waals surface area (Å²) >= 11 is 7.98. The van der Waals surface area contributed by atoms with Gasteiger partial charge in [-0.1, -0.05) is 18.2 Å². The molecule has 0 unspecified atom stereocenters. The molecule has 1 amide bonds. The minimum Gasteiger partial charge on any atom is -0.480 e. The Morgan fingerprint density at radius 1 is 1.29 bits per heavy atom. The Morgan fingerprint density at radius 3 is 2.62 bits per heavy atom. The molecule has 1 aliphatic rings. The first-order chi connectivity index (χ1) is 9.99. The van der Waals surface area contributed by atoms with Crippen LogP contribution in [0.2, 0.25) is 0 Å². The number of benzene rings is 1. The molecular weight excluding hydrogens is 422 g/mol. The van der Waals surface area contributed by atoms with Gasteiger partial charge in [0.25, 0.3) is 5.91 Å². The molecule has 2 heterocycles. The molecule has 2 aromatic rings. The van der Waals surface area contributed by atoms with Crippen LogP contribution >= 0.6 is 43.2 Å². The van der Waals surface area contributed by atoms with Gasteiger partial charge in [-0.2, -0.15) is 0 Å². The van der Waals surface area contributed by atoms with Crippen molar-refractivity contribution in [2.45, 2.75) is 12.5 Å². The van der Waals surface area contributed by atoms with E-state index in [0.29, 0.717) is 17.0 Å². The zero-order valence-corrected chi connectivity index (χ0v) is 14.5. The Bertz CT molecular complexity index is 724. The van der Waals surface area contributed by atoms with Crippen molar-refractivity contribution in [1.29, 1.82) is 0 Å². The van der Waals surface area contributed by atoms with E-state index < -0.39 is 12.0 Å². The lowest BCUT2D eigenvalue weighted by Crippen LogP contribution is -2.42. The second kappa shape index (κ2) is 5.55. The van der Waals surface area contributed by atoms with E-state index in [4.69, 9.17) is 0 Å². The molecule has 0 saturated heterocycles. The fourth-order valence-electron chi connectivity index (χ4n) is 2.41. The van der Waals surface area contributed by atoms with E-state index in [1.165, 1.54) is 16.2 Å². The standard InChI is InChI=1S/C14H9Br2NO3S/c15-8-6-11(21-12(8)16)13(18)17-9-4-2-1-3-7(9)5-10(17)14(19)20/h1-4,6,10H,5H2,(H,19,20)/t10-/m0/s1. The van der Waals surface area contributed by atoms with Crippen LogP contribution in [0.1, 0.15) is 15.2 Å². The summed E-state index contributed by atoms with van der Waals surface area (Å²) in [4.78, 5) is 26.1. The Labute approximate surface area is 141 Å². The minimum absolute atomic E-state index is 0.288. The van der Waals surface area contributed by atoms with Crippen molar-refractivity contribution in [3.05, 3.63) is 49.0 Å². The van der Waals surface area contributed by atoms with Crippen molar-refractivity contribution in [2.24, 2.45) is 0 Å². The van der Waals surface area contributed by atoms with Crippen LogP contribution in [0, 0.1) is 0 Å². The van der Waals surface area contributed by atoms with Crippen LogP contribution in [0.5, 0.6) is 0 Å². The van der Waals surface area contributed by atoms with E-state index in [1.807, 2.05) is 18.2 Å². The number of hydrogen-bond donors (Lipinski definition) is 1. The summed E-state index contributed by atoms with van der Waals surface area (Å²) in [5.74, 6) is -1.28. The van der Waals surface area contributed by atoms with E-state index >= 15 is 0 Å². The lowest BCUT2D eigenvalue weighted by Gasteiger charge is -2.21. The monoisotopic (exact) mass is 429 g/mol. The third-order valence-electron chi connectivity index (χ3n) is 3.34. The average Bonchev–Trinajstić information content (AvgIpc) is 2.99. The number of carboxylic acids is 1. The smallest absolute Gasteiger partial charge is 0.327 e. The lowest BCUT2D eigenvalue weighted by molar-refractivity contribution is -0.138. The summed E-state index contributed by atoms with van der Waals surface area (Å²) < 4.78 is 1.60. The lowest BCUT2D eigenvalue weighted by atomic mass is 10.1. The summed E-state index contributed by atoms with van der Waals surface area (Å²) in [6.45, 7) is 0. The molecule has 0 radical (unpaired) electrons. The summed E-state index contributed by atoms with van der Waals surface area (Å²) in [5, 5.41) is 9.40. The van der Waals surface area contributed by atoms with Gasteiger partial charge in [-0.05, 0) is 49.6 Å². The maximum Gasteiger partial charge on any atom is 0.327 e. The van der Waals surface area contributed by atoms with Crippen LogP contribution < -0.4 is 4.90 Å². The number of nitrogens with zero attached hydrogens (tertiary/aromatic N) is 1. The van der Waals surface area contributed by atoms with Gasteiger partial charge in [0.05, 0.1) is 8.66 Å². The van der Waals surface area contributed by atoms with Gasteiger partial charge in [0.1, 0.15) is 6.04 Å². The number of halogens is 2. The van der Waals surface area contributed by atoms with Crippen LogP contribution in [0.3, 0.4) is 0 Å². The molecular formula is C14H9Br2NO3S. The molecule has 1 aromatic carbocycles. The molecule has 0 spiro atoms. The summed E-state index contributed by atoms with van der Waals surface area (Å²) in [6.07, 6.45) is 0.338. The van der Waals surface area contributed by atoms with Crippen molar-refractivity contribution in [3.63, 3.8) is 0 Å². The maximum atomic E-state index is 12.7. The predicted octanol–water partition coefficient (Wildman–Crippen LogP) is 3.93. The topological polar surface area (TPSA) is 57.6 Å². The Hall–Kier alpha value is -1.18. The van der Waals surface area contributed by atoms with Gasteiger partial charge in [0.2, 0.25) is 0 Å². The SMILES string of the molecule is O=C(O)[C@@H]1Cc2ccccc2N1C(=O)c1cc(Br)c(Br)s1. The number of carbonyl (C=O) groups excluding carboxylic acids is 1. The number of anilines is 1. The number of hydrogen-bond acceptors (Lipinski definition) is 3. The van der Waals surface area contributed by atoms with Crippen LogP contribution in [-0.2, 0) is 11.2 Å². The van der Waals surface area contributed by atoms with Gasteiger partial charge in [-0.3, -0.25) is 9.69 Å². The Kier molecular flexibility index (Phi) is 3.90. The largest absolute Gasteiger partial charge is 0.480 e. The van der Waals surface area contributed by atoms with Crippen molar-refractivity contribution in [2.75, 3.05) is 4.90 Å². The molecule has 7 heteroatoms. The van der Waals surface area contributed by atoms with Gasteiger partial charge in [0, 0.05) is 16.6 Å². The average molecular weight is 431 g/mol. The van der Waals surface area contributed by atoms with E-state index in [1.54, 1.807) is 12.1 Å². The van der Waals surface area contributed by atoms with Crippen LogP contribution in [-0.4, -0.2) is 23.0 Å². The fourth-order valence-corrected chi connectivity index (χ4v) is 4.38. The Morgan fingerprint density at radius 2 is 2.00 bits per heavy atom. The number of rotatable bonds is 2. The second-order valence-corrected chi connectivity index (χ2v) is 7.82. The van der Waals surface area contributed by atoms with Crippen LogP contribution in [0.4, 0.5) is 5.69 Å². The van der Waals surface area contributed by atoms with Gasteiger partial charge in [-0.25, -0.2) is 4.79 Å². The van der Waals surface area contributed by atoms with Crippen LogP contribution in [0.25, 0.3) is 0 Å². The quantitative estimate of drug-likeness (QED) is 0.785. The van der Waals surface area contributed by atoms with Crippen molar-refractivity contribution >= 4 is 60.8 Å². The van der Waals surface area contributed by atoms with Gasteiger partial charge >= 0.3 is 5.97 Å².